The number of halogens is 4. The Hall–Kier alpha value is -5.41. The van der Waals surface area contributed by atoms with Gasteiger partial charge in [-0.1, -0.05) is 0 Å². The summed E-state index contributed by atoms with van der Waals surface area (Å²) in [6.45, 7) is 5.91. The smallest absolute Gasteiger partial charge is 0.437 e. The third kappa shape index (κ3) is 6.96. The topological polar surface area (TPSA) is 161 Å². The van der Waals surface area contributed by atoms with E-state index in [2.05, 4.69) is 30.6 Å². The van der Waals surface area contributed by atoms with Crippen molar-refractivity contribution in [2.24, 2.45) is 4.99 Å². The molecule has 44 heavy (non-hydrogen) atoms. The van der Waals surface area contributed by atoms with Crippen molar-refractivity contribution in [3.8, 4) is 22.5 Å². The van der Waals surface area contributed by atoms with Crippen LogP contribution in [0.5, 0.6) is 0 Å². The lowest BCUT2D eigenvalue weighted by Crippen LogP contribution is -2.21. The van der Waals surface area contributed by atoms with E-state index < -0.39 is 35.3 Å². The summed E-state index contributed by atoms with van der Waals surface area (Å²) in [7, 11) is 0. The highest BCUT2D eigenvalue weighted by molar-refractivity contribution is 6.03. The van der Waals surface area contributed by atoms with Crippen molar-refractivity contribution >= 4 is 30.0 Å². The number of nitrogens with one attached hydrogen (secondary N) is 2. The van der Waals surface area contributed by atoms with Crippen molar-refractivity contribution in [2.75, 3.05) is 17.2 Å². The second-order valence-corrected chi connectivity index (χ2v) is 9.61. The number of hydrogen-bond donors (Lipinski definition) is 3. The molecule has 12 nitrogen and oxygen atoms in total. The average molecular weight is 616 g/mol. The molecule has 0 saturated carbocycles. The molecule has 0 aliphatic carbocycles. The Morgan fingerprint density at radius 2 is 1.91 bits per heavy atom. The molecule has 3 N–H and O–H groups in total. The van der Waals surface area contributed by atoms with Crippen molar-refractivity contribution in [1.29, 1.82) is 0 Å². The molecule has 1 aromatic heterocycles. The van der Waals surface area contributed by atoms with Gasteiger partial charge in [0, 0.05) is 36.6 Å². The number of aryl methyl sites for hydroxylation is 1. The number of nitrogens with zero attached hydrogens (tertiary/aromatic N) is 5. The largest absolute Gasteiger partial charge is 0.483 e. The number of carbonyl (C=O) groups excluding carboxylic acids is 2. The third-order valence-corrected chi connectivity index (χ3v) is 6.19. The van der Waals surface area contributed by atoms with Gasteiger partial charge in [0.05, 0.1) is 17.4 Å². The minimum atomic E-state index is -4.67. The van der Waals surface area contributed by atoms with Crippen LogP contribution in [0.3, 0.4) is 0 Å². The van der Waals surface area contributed by atoms with Crippen molar-refractivity contribution in [3.63, 3.8) is 0 Å². The first kappa shape index (κ1) is 31.5. The lowest BCUT2D eigenvalue weighted by molar-refractivity contribution is -0.137. The number of rotatable bonds is 4. The molecule has 0 atom stereocenters. The maximum Gasteiger partial charge on any atom is 0.437 e. The molecule has 0 unspecified atom stereocenters. The van der Waals surface area contributed by atoms with Gasteiger partial charge in [0.2, 0.25) is 0 Å². The number of pyridine rings is 2. The van der Waals surface area contributed by atoms with Crippen LogP contribution in [0.1, 0.15) is 35.5 Å². The fraction of sp³-hybridized carbons (Fsp3) is 0.250. The summed E-state index contributed by atoms with van der Waals surface area (Å²) in [5.41, 5.74) is 0.474. The lowest BCUT2D eigenvalue weighted by Gasteiger charge is -2.19. The van der Waals surface area contributed by atoms with Gasteiger partial charge in [-0.25, -0.2) is 14.2 Å². The van der Waals surface area contributed by atoms with E-state index in [1.165, 1.54) is 18.3 Å². The van der Waals surface area contributed by atoms with E-state index in [1.54, 1.807) is 26.8 Å². The Bertz CT molecular complexity index is 1770. The predicted octanol–water partition coefficient (Wildman–Crippen LogP) is 4.74. The summed E-state index contributed by atoms with van der Waals surface area (Å²) in [5, 5.41) is 12.5. The number of amides is 2. The molecular weight excluding hydrogens is 590 g/mol. The fourth-order valence-corrected chi connectivity index (χ4v) is 4.41. The van der Waals surface area contributed by atoms with Gasteiger partial charge in [0.25, 0.3) is 18.0 Å². The van der Waals surface area contributed by atoms with Crippen molar-refractivity contribution in [2.45, 2.75) is 39.6 Å². The Morgan fingerprint density at radius 1 is 1.18 bits per heavy atom. The van der Waals surface area contributed by atoms with Crippen molar-refractivity contribution in [1.82, 2.24) is 19.5 Å². The molecule has 0 saturated heterocycles. The first-order chi connectivity index (χ1) is 20.8. The quantitative estimate of drug-likeness (QED) is 0.218. The molecule has 0 radical (unpaired) electrons. The zero-order valence-corrected chi connectivity index (χ0v) is 23.4. The molecule has 0 spiro atoms. The highest BCUT2D eigenvalue weighted by atomic mass is 19.4. The van der Waals surface area contributed by atoms with Crippen LogP contribution >= 0.6 is 0 Å². The van der Waals surface area contributed by atoms with Crippen LogP contribution in [0.25, 0.3) is 22.5 Å². The van der Waals surface area contributed by atoms with Crippen LogP contribution in [-0.2, 0) is 22.3 Å². The number of aromatic nitrogens is 4. The number of hydrogen-bond acceptors (Lipinski definition) is 8. The summed E-state index contributed by atoms with van der Waals surface area (Å²) in [6, 6.07) is 5.74. The van der Waals surface area contributed by atoms with E-state index in [1.807, 2.05) is 4.57 Å². The van der Waals surface area contributed by atoms with E-state index in [0.717, 1.165) is 12.3 Å². The first-order valence-corrected chi connectivity index (χ1v) is 12.9. The predicted molar refractivity (Wildman–Crippen MR) is 148 cm³/mol. The number of fused-ring (bicyclic) bond motifs is 3. The van der Waals surface area contributed by atoms with Gasteiger partial charge >= 0.3 is 12.3 Å². The van der Waals surface area contributed by atoms with Gasteiger partial charge in [-0.15, -0.1) is 4.99 Å². The van der Waals surface area contributed by atoms with Crippen molar-refractivity contribution in [3.05, 3.63) is 71.0 Å². The summed E-state index contributed by atoms with van der Waals surface area (Å²) >= 11 is 0. The standard InChI is InChI=1S/C27H23F4N7O3.CH2O2/c1-13(2)41-26(40)37-25-34-12-15-9-18(23-33-6-7-38(23)22(15)36-25)17-11-20(19(28)8-14(17)3)35-24(39)21-10-16(4-5-32-21)27(29,30)31;2-1-3/h4-5,8-13,33H,6-7H2,1-3H3,(H,35,39);1H,(H,2,3). The van der Waals surface area contributed by atoms with E-state index in [0.29, 0.717) is 53.1 Å². The monoisotopic (exact) mass is 615 g/mol. The van der Waals surface area contributed by atoms with Crippen molar-refractivity contribution < 1.29 is 41.8 Å². The fourth-order valence-electron chi connectivity index (χ4n) is 4.41. The van der Waals surface area contributed by atoms with Crippen LogP contribution in [-0.4, -0.2) is 55.7 Å². The summed E-state index contributed by atoms with van der Waals surface area (Å²) < 4.78 is 61.1. The summed E-state index contributed by atoms with van der Waals surface area (Å²) in [6.07, 6.45) is -3.47. The average Bonchev–Trinajstić information content (AvgIpc) is 3.44. The molecule has 3 aliphatic heterocycles. The van der Waals surface area contributed by atoms with Crippen LogP contribution < -0.4 is 16.3 Å². The maximum atomic E-state index is 14.9. The Labute approximate surface area is 246 Å². The van der Waals surface area contributed by atoms with Gasteiger partial charge in [0.1, 0.15) is 23.2 Å². The van der Waals surface area contributed by atoms with Crippen LogP contribution in [0.2, 0.25) is 0 Å². The molecule has 230 valence electrons. The SMILES string of the molecule is Cc1cc(F)c(NC(=O)c2cc(C(F)(F)F)ccn2)cc1-c1cc2cnc(=NC(=O)OC(C)C)nc-2n2c1NCC2.O=CO. The number of carboxylic acid groups (broad SMARTS) is 1. The molecule has 2 aromatic rings. The number of benzene rings is 1. The summed E-state index contributed by atoms with van der Waals surface area (Å²) in [4.78, 5) is 49.1. The molecule has 0 fully saturated rings. The highest BCUT2D eigenvalue weighted by Gasteiger charge is 2.31. The minimum absolute atomic E-state index is 0.0661. The van der Waals surface area contributed by atoms with Gasteiger partial charge in [-0.3, -0.25) is 14.6 Å². The third-order valence-electron chi connectivity index (χ3n) is 6.19. The number of anilines is 2. The second-order valence-electron chi connectivity index (χ2n) is 9.61. The Morgan fingerprint density at radius 3 is 2.59 bits per heavy atom. The highest BCUT2D eigenvalue weighted by Crippen LogP contribution is 2.39. The molecule has 3 aliphatic rings. The Kier molecular flexibility index (Phi) is 9.20. The van der Waals surface area contributed by atoms with Gasteiger partial charge < -0.3 is 25.0 Å². The normalized spacial score (nSPS) is 12.7. The molecule has 2 amide bonds. The van der Waals surface area contributed by atoms with E-state index in [-0.39, 0.29) is 23.9 Å². The van der Waals surface area contributed by atoms with Gasteiger partial charge in [-0.2, -0.15) is 18.2 Å². The molecule has 16 heteroatoms. The van der Waals surface area contributed by atoms with Crippen LogP contribution in [0, 0.1) is 12.7 Å². The number of ether oxygens (including phenoxy) is 1. The van der Waals surface area contributed by atoms with E-state index in [9.17, 15) is 27.2 Å². The lowest BCUT2D eigenvalue weighted by atomic mass is 9.98. The van der Waals surface area contributed by atoms with E-state index in [4.69, 9.17) is 14.6 Å². The summed E-state index contributed by atoms with van der Waals surface area (Å²) in [5.74, 6) is -0.614. The minimum Gasteiger partial charge on any atom is -0.483 e. The zero-order valence-electron chi connectivity index (χ0n) is 23.4. The second kappa shape index (κ2) is 12.8. The molecule has 4 heterocycles. The molecular formula is C28H25F4N7O5. The Balaban J connectivity index is 0.00000141. The number of alkyl halides is 3. The number of carbonyl (C=O) groups is 3. The van der Waals surface area contributed by atoms with Crippen LogP contribution in [0.15, 0.2) is 47.7 Å². The maximum absolute atomic E-state index is 14.9. The van der Waals surface area contributed by atoms with Gasteiger partial charge in [0.15, 0.2) is 0 Å². The zero-order chi connectivity index (χ0) is 32.2. The molecule has 0 bridgehead atoms. The molecule has 1 aromatic carbocycles. The van der Waals surface area contributed by atoms with Gasteiger partial charge in [-0.05, 0) is 62.2 Å². The van der Waals surface area contributed by atoms with Crippen LogP contribution in [0.4, 0.5) is 33.9 Å². The van der Waals surface area contributed by atoms with E-state index >= 15 is 0 Å². The first-order valence-electron chi connectivity index (χ1n) is 12.9. The molecule has 5 rings (SSSR count).